The topological polar surface area (TPSA) is 53.9 Å². The van der Waals surface area contributed by atoms with E-state index in [2.05, 4.69) is 19.2 Å². The third kappa shape index (κ3) is 5.27. The molecule has 1 fully saturated rings. The van der Waals surface area contributed by atoms with Gasteiger partial charge in [-0.15, -0.1) is 0 Å². The summed E-state index contributed by atoms with van der Waals surface area (Å²) in [6.45, 7) is 12.4. The second-order valence-electron chi connectivity index (χ2n) is 7.92. The Kier molecular flexibility index (Phi) is 6.41. The van der Waals surface area contributed by atoms with E-state index in [1.807, 2.05) is 39.6 Å². The van der Waals surface area contributed by atoms with Gasteiger partial charge in [-0.3, -0.25) is 9.59 Å². The first-order valence-corrected chi connectivity index (χ1v) is 8.48. The normalized spacial score (nSPS) is 25.5. The summed E-state index contributed by atoms with van der Waals surface area (Å²) in [5.74, 6) is 0.158. The molecule has 0 saturated carbocycles. The Hall–Kier alpha value is -1.10. The maximum atomic E-state index is 12.8. The predicted octanol–water partition coefficient (Wildman–Crippen LogP) is 0.594. The van der Waals surface area contributed by atoms with E-state index in [1.165, 1.54) is 6.42 Å². The van der Waals surface area contributed by atoms with E-state index in [9.17, 15) is 9.59 Å². The Labute approximate surface area is 135 Å². The van der Waals surface area contributed by atoms with Crippen molar-refractivity contribution in [3.8, 4) is 0 Å². The Morgan fingerprint density at radius 3 is 2.18 bits per heavy atom. The second-order valence-corrected chi connectivity index (χ2v) is 7.92. The van der Waals surface area contributed by atoms with Gasteiger partial charge in [-0.05, 0) is 60.8 Å². The number of likely N-dealkylation sites (N-methyl/N-ethyl adjacent to an activating group) is 1. The van der Waals surface area contributed by atoms with Gasteiger partial charge in [0.05, 0.1) is 7.05 Å². The van der Waals surface area contributed by atoms with Crippen LogP contribution in [0.1, 0.15) is 60.8 Å². The van der Waals surface area contributed by atoms with Crippen LogP contribution in [-0.2, 0) is 9.59 Å². The van der Waals surface area contributed by atoms with Gasteiger partial charge in [-0.1, -0.05) is 0 Å². The number of hydrogen-bond donors (Lipinski definition) is 2. The third-order valence-electron chi connectivity index (χ3n) is 4.51. The first kappa shape index (κ1) is 18.9. The average molecular weight is 312 g/mol. The van der Waals surface area contributed by atoms with Gasteiger partial charge in [0.1, 0.15) is 0 Å². The molecule has 0 radical (unpaired) electrons. The lowest BCUT2D eigenvalue weighted by Crippen LogP contribution is -3.15. The number of nitrogens with one attached hydrogen (secondary N) is 2. The van der Waals surface area contributed by atoms with Crippen LogP contribution < -0.4 is 10.2 Å². The number of amides is 2. The van der Waals surface area contributed by atoms with Crippen LogP contribution in [0.3, 0.4) is 0 Å². The largest absolute Gasteiger partial charge is 0.347 e. The van der Waals surface area contributed by atoms with Crippen LogP contribution in [0.4, 0.5) is 0 Å². The zero-order chi connectivity index (χ0) is 17.1. The fourth-order valence-electron chi connectivity index (χ4n) is 3.16. The zero-order valence-corrected chi connectivity index (χ0v) is 15.3. The molecular weight excluding hydrogens is 278 g/mol. The molecule has 2 N–H and O–H groups in total. The van der Waals surface area contributed by atoms with Crippen LogP contribution in [0.2, 0.25) is 0 Å². The molecule has 1 aliphatic rings. The summed E-state index contributed by atoms with van der Waals surface area (Å²) in [6, 6.07) is 0.401. The van der Waals surface area contributed by atoms with Crippen LogP contribution in [0.25, 0.3) is 0 Å². The molecule has 0 aromatic rings. The summed E-state index contributed by atoms with van der Waals surface area (Å²) in [5, 5.41) is 2.96. The minimum Gasteiger partial charge on any atom is -0.347 e. The molecule has 5 nitrogen and oxygen atoms in total. The van der Waals surface area contributed by atoms with Gasteiger partial charge in [0, 0.05) is 17.6 Å². The summed E-state index contributed by atoms with van der Waals surface area (Å²) in [5.41, 5.74) is -0.236. The Balaban J connectivity index is 2.63. The lowest BCUT2D eigenvalue weighted by Gasteiger charge is -2.40. The zero-order valence-electron chi connectivity index (χ0n) is 15.3. The fourth-order valence-corrected chi connectivity index (χ4v) is 3.16. The highest BCUT2D eigenvalue weighted by atomic mass is 16.2. The quantitative estimate of drug-likeness (QED) is 0.798. The average Bonchev–Trinajstić information content (AvgIpc) is 2.34. The molecule has 1 unspecified atom stereocenters. The molecule has 128 valence electrons. The summed E-state index contributed by atoms with van der Waals surface area (Å²) in [6.07, 6.45) is 3.34. The van der Waals surface area contributed by atoms with Gasteiger partial charge in [0.2, 0.25) is 0 Å². The van der Waals surface area contributed by atoms with Crippen LogP contribution in [0, 0.1) is 0 Å². The van der Waals surface area contributed by atoms with Crippen LogP contribution in [0.15, 0.2) is 0 Å². The molecule has 1 aliphatic heterocycles. The van der Waals surface area contributed by atoms with Crippen molar-refractivity contribution in [2.75, 3.05) is 13.6 Å². The van der Waals surface area contributed by atoms with Crippen molar-refractivity contribution >= 4 is 11.8 Å². The number of carbonyl (C=O) groups is 2. The molecule has 0 aromatic carbocycles. The number of quaternary nitrogens is 1. The minimum atomic E-state index is -0.236. The highest BCUT2D eigenvalue weighted by Crippen LogP contribution is 2.22. The smallest absolute Gasteiger partial charge is 0.281 e. The summed E-state index contributed by atoms with van der Waals surface area (Å²) in [4.78, 5) is 27.8. The maximum absolute atomic E-state index is 12.8. The molecule has 1 saturated heterocycles. The van der Waals surface area contributed by atoms with Gasteiger partial charge in [0.15, 0.2) is 12.6 Å². The van der Waals surface area contributed by atoms with Crippen molar-refractivity contribution < 1.29 is 14.5 Å². The van der Waals surface area contributed by atoms with E-state index in [1.54, 1.807) is 0 Å². The lowest BCUT2D eigenvalue weighted by molar-refractivity contribution is -0.886. The molecule has 1 heterocycles. The predicted molar refractivity (Wildman–Crippen MR) is 88.7 cm³/mol. The van der Waals surface area contributed by atoms with Gasteiger partial charge in [-0.2, -0.15) is 0 Å². The number of rotatable bonds is 4. The van der Waals surface area contributed by atoms with Gasteiger partial charge < -0.3 is 15.1 Å². The number of carbonyl (C=O) groups excluding carboxylic acids is 2. The van der Waals surface area contributed by atoms with Crippen molar-refractivity contribution in [1.82, 2.24) is 10.2 Å². The van der Waals surface area contributed by atoms with E-state index in [4.69, 9.17) is 0 Å². The van der Waals surface area contributed by atoms with E-state index < -0.39 is 0 Å². The summed E-state index contributed by atoms with van der Waals surface area (Å²) < 4.78 is 0. The first-order chi connectivity index (χ1) is 10.0. The van der Waals surface area contributed by atoms with Crippen molar-refractivity contribution in [3.05, 3.63) is 0 Å². The fraction of sp³-hybridized carbons (Fsp3) is 0.882. The van der Waals surface area contributed by atoms with Crippen molar-refractivity contribution in [2.24, 2.45) is 0 Å². The molecule has 0 bridgehead atoms. The third-order valence-corrected chi connectivity index (χ3v) is 4.51. The van der Waals surface area contributed by atoms with Gasteiger partial charge >= 0.3 is 0 Å². The minimum absolute atomic E-state index is 0.00982. The van der Waals surface area contributed by atoms with Crippen molar-refractivity contribution in [3.63, 3.8) is 0 Å². The standard InChI is InChI=1S/C17H33N3O2/c1-12-9-8-10-13(2)20(12)16(22)14(3)19(7)11-15(21)18-17(4,5)6/h12-14H,8-11H2,1-7H3,(H,18,21)/p+1/t12-,13+,14-/m1/s1. The van der Waals surface area contributed by atoms with Gasteiger partial charge in [0.25, 0.3) is 11.8 Å². The second kappa shape index (κ2) is 7.44. The molecule has 22 heavy (non-hydrogen) atoms. The molecule has 1 rings (SSSR count). The highest BCUT2D eigenvalue weighted by Gasteiger charge is 2.35. The molecule has 0 aliphatic carbocycles. The van der Waals surface area contributed by atoms with E-state index >= 15 is 0 Å². The monoisotopic (exact) mass is 312 g/mol. The van der Waals surface area contributed by atoms with Crippen LogP contribution >= 0.6 is 0 Å². The SMILES string of the molecule is C[C@@H]1CCC[C@H](C)N1C(=O)[C@@H](C)[NH+](C)CC(=O)NC(C)(C)C. The Morgan fingerprint density at radius 2 is 1.73 bits per heavy atom. The maximum Gasteiger partial charge on any atom is 0.281 e. The van der Waals surface area contributed by atoms with Gasteiger partial charge in [-0.25, -0.2) is 0 Å². The lowest BCUT2D eigenvalue weighted by atomic mass is 9.96. The number of likely N-dealkylation sites (tertiary alicyclic amines) is 1. The number of piperidine rings is 1. The van der Waals surface area contributed by atoms with E-state index in [-0.39, 0.29) is 23.4 Å². The summed E-state index contributed by atoms with van der Waals surface area (Å²) >= 11 is 0. The molecule has 2 amide bonds. The van der Waals surface area contributed by atoms with Crippen molar-refractivity contribution in [2.45, 2.75) is 84.5 Å². The van der Waals surface area contributed by atoms with Crippen molar-refractivity contribution in [1.29, 1.82) is 0 Å². The Morgan fingerprint density at radius 1 is 1.23 bits per heavy atom. The summed E-state index contributed by atoms with van der Waals surface area (Å²) in [7, 11) is 1.92. The molecule has 0 spiro atoms. The number of nitrogens with zero attached hydrogens (tertiary/aromatic N) is 1. The highest BCUT2D eigenvalue weighted by molar-refractivity contribution is 5.82. The van der Waals surface area contributed by atoms with E-state index in [0.29, 0.717) is 18.6 Å². The van der Waals surface area contributed by atoms with Crippen LogP contribution in [-0.4, -0.2) is 54.0 Å². The number of hydrogen-bond acceptors (Lipinski definition) is 2. The molecular formula is C17H34N3O2+. The van der Waals surface area contributed by atoms with Crippen LogP contribution in [0.5, 0.6) is 0 Å². The molecule has 4 atom stereocenters. The van der Waals surface area contributed by atoms with E-state index in [0.717, 1.165) is 17.7 Å². The molecule has 5 heteroatoms. The molecule has 0 aromatic heterocycles. The first-order valence-electron chi connectivity index (χ1n) is 8.48. The Bertz CT molecular complexity index is 393.